The highest BCUT2D eigenvalue weighted by atomic mass is 16.7. The third-order valence-electron chi connectivity index (χ3n) is 4.65. The number of rotatable bonds is 9. The molecule has 0 radical (unpaired) electrons. The Balaban J connectivity index is 2.83. The first kappa shape index (κ1) is 26.8. The zero-order valence-corrected chi connectivity index (χ0v) is 17.5. The predicted molar refractivity (Wildman–Crippen MR) is 101 cm³/mol. The number of urea groups is 1. The van der Waals surface area contributed by atoms with Crippen LogP contribution in [0.2, 0.25) is 0 Å². The number of carbonyl (C=O) groups excluding carboxylic acids is 2. The molecule has 1 saturated heterocycles. The van der Waals surface area contributed by atoms with Crippen molar-refractivity contribution in [1.29, 1.82) is 0 Å². The molecule has 0 aromatic carbocycles. The molecule has 0 saturated carbocycles. The van der Waals surface area contributed by atoms with Crippen molar-refractivity contribution in [3.8, 4) is 0 Å². The molecule has 1 fully saturated rings. The number of nitrogens with one attached hydrogen (secondary N) is 3. The Morgan fingerprint density at radius 3 is 2.39 bits per heavy atom. The minimum absolute atomic E-state index is 0.129. The molecule has 2 unspecified atom stereocenters. The van der Waals surface area contributed by atoms with Crippen LogP contribution in [0.25, 0.3) is 0 Å². The average Bonchev–Trinajstić information content (AvgIpc) is 2.71. The van der Waals surface area contributed by atoms with Crippen LogP contribution in [-0.2, 0) is 19.0 Å². The maximum atomic E-state index is 12.1. The molecule has 1 rings (SSSR count). The SMILES string of the molecule is CO[C@]1(C(=O)O)C[C@@H](O)C(NC(=O)NNC(=O)OCCC(C)C)C([C@H](O)[C@H](O)CO)O1. The van der Waals surface area contributed by atoms with Crippen molar-refractivity contribution in [3.63, 3.8) is 0 Å². The number of aliphatic hydroxyl groups is 4. The molecule has 1 aliphatic rings. The molecule has 6 atom stereocenters. The highest BCUT2D eigenvalue weighted by Crippen LogP contribution is 2.32. The van der Waals surface area contributed by atoms with Crippen LogP contribution in [0.4, 0.5) is 9.59 Å². The summed E-state index contributed by atoms with van der Waals surface area (Å²) < 4.78 is 15.0. The molecular formula is C17H31N3O11. The van der Waals surface area contributed by atoms with Gasteiger partial charge in [0.25, 0.3) is 5.79 Å². The molecule has 14 heteroatoms. The Morgan fingerprint density at radius 1 is 1.23 bits per heavy atom. The van der Waals surface area contributed by atoms with Crippen molar-refractivity contribution < 1.29 is 54.1 Å². The number of aliphatic hydroxyl groups excluding tert-OH is 4. The van der Waals surface area contributed by atoms with E-state index in [0.717, 1.165) is 7.11 Å². The van der Waals surface area contributed by atoms with Gasteiger partial charge in [0.2, 0.25) is 0 Å². The zero-order chi connectivity index (χ0) is 23.8. The van der Waals surface area contributed by atoms with Gasteiger partial charge in [-0.2, -0.15) is 0 Å². The second kappa shape index (κ2) is 12.0. The minimum Gasteiger partial charge on any atom is -0.477 e. The van der Waals surface area contributed by atoms with Crippen LogP contribution in [0.5, 0.6) is 0 Å². The van der Waals surface area contributed by atoms with Gasteiger partial charge in [-0.15, -0.1) is 0 Å². The summed E-state index contributed by atoms with van der Waals surface area (Å²) in [7, 11) is 1.00. The number of amides is 3. The van der Waals surface area contributed by atoms with Gasteiger partial charge in [-0.25, -0.2) is 25.2 Å². The van der Waals surface area contributed by atoms with E-state index in [2.05, 4.69) is 5.32 Å². The van der Waals surface area contributed by atoms with Crippen molar-refractivity contribution in [2.24, 2.45) is 5.92 Å². The van der Waals surface area contributed by atoms with Crippen molar-refractivity contribution >= 4 is 18.1 Å². The Morgan fingerprint density at radius 2 is 1.87 bits per heavy atom. The number of carboxylic acid groups (broad SMARTS) is 1. The van der Waals surface area contributed by atoms with E-state index in [0.29, 0.717) is 12.3 Å². The smallest absolute Gasteiger partial charge is 0.426 e. The second-order valence-electron chi connectivity index (χ2n) is 7.42. The van der Waals surface area contributed by atoms with Gasteiger partial charge in [-0.1, -0.05) is 13.8 Å². The first-order valence-electron chi connectivity index (χ1n) is 9.58. The number of methoxy groups -OCH3 is 1. The van der Waals surface area contributed by atoms with Crippen LogP contribution < -0.4 is 16.2 Å². The number of hydrogen-bond acceptors (Lipinski definition) is 10. The van der Waals surface area contributed by atoms with Crippen LogP contribution in [0.3, 0.4) is 0 Å². The molecule has 3 amide bonds. The summed E-state index contributed by atoms with van der Waals surface area (Å²) in [6, 6.07) is -2.50. The first-order valence-corrected chi connectivity index (χ1v) is 9.58. The van der Waals surface area contributed by atoms with Crippen LogP contribution in [0.15, 0.2) is 0 Å². The third kappa shape index (κ3) is 7.45. The van der Waals surface area contributed by atoms with Crippen LogP contribution in [0, 0.1) is 5.92 Å². The van der Waals surface area contributed by atoms with E-state index in [1.807, 2.05) is 24.7 Å². The van der Waals surface area contributed by atoms with Gasteiger partial charge >= 0.3 is 18.1 Å². The number of carboxylic acids is 1. The molecule has 14 nitrogen and oxygen atoms in total. The molecule has 8 N–H and O–H groups in total. The second-order valence-corrected chi connectivity index (χ2v) is 7.42. The molecular weight excluding hydrogens is 422 g/mol. The van der Waals surface area contributed by atoms with Crippen LogP contribution in [-0.4, -0.2) is 100 Å². The lowest BCUT2D eigenvalue weighted by molar-refractivity contribution is -0.303. The number of carbonyl (C=O) groups is 3. The summed E-state index contributed by atoms with van der Waals surface area (Å²) in [6.07, 6.45) is -7.96. The molecule has 0 aliphatic carbocycles. The monoisotopic (exact) mass is 453 g/mol. The average molecular weight is 453 g/mol. The maximum absolute atomic E-state index is 12.1. The Hall–Kier alpha value is -2.23. The summed E-state index contributed by atoms with van der Waals surface area (Å²) in [5.41, 5.74) is 3.93. The van der Waals surface area contributed by atoms with E-state index < -0.39 is 67.4 Å². The fourth-order valence-electron chi connectivity index (χ4n) is 2.83. The molecule has 0 aromatic heterocycles. The van der Waals surface area contributed by atoms with Gasteiger partial charge in [-0.3, -0.25) is 0 Å². The highest BCUT2D eigenvalue weighted by molar-refractivity contribution is 5.78. The molecule has 0 spiro atoms. The maximum Gasteiger partial charge on any atom is 0.426 e. The van der Waals surface area contributed by atoms with Crippen molar-refractivity contribution in [3.05, 3.63) is 0 Å². The molecule has 180 valence electrons. The van der Waals surface area contributed by atoms with E-state index in [1.165, 1.54) is 0 Å². The van der Waals surface area contributed by atoms with Crippen LogP contribution >= 0.6 is 0 Å². The van der Waals surface area contributed by atoms with Crippen LogP contribution in [0.1, 0.15) is 26.7 Å². The standard InChI is InChI=1S/C17H31N3O11/c1-8(2)4-5-30-16(28)20-19-15(27)18-11-9(22)6-17(29-3,14(25)26)31-13(11)12(24)10(23)7-21/h8-13,21-24H,4-7H2,1-3H3,(H,20,28)(H,25,26)(H2,18,19,27)/t9-,10-,11?,12-,13?,17-/m1/s1. The van der Waals surface area contributed by atoms with Gasteiger partial charge in [0.05, 0.1) is 25.4 Å². The topological polar surface area (TPSA) is 216 Å². The fourth-order valence-corrected chi connectivity index (χ4v) is 2.83. The lowest BCUT2D eigenvalue weighted by atomic mass is 9.88. The summed E-state index contributed by atoms with van der Waals surface area (Å²) >= 11 is 0. The van der Waals surface area contributed by atoms with E-state index in [4.69, 9.17) is 19.3 Å². The van der Waals surface area contributed by atoms with Crippen molar-refractivity contribution in [2.75, 3.05) is 20.3 Å². The normalized spacial score (nSPS) is 27.8. The van der Waals surface area contributed by atoms with E-state index in [9.17, 15) is 34.8 Å². The Bertz CT molecular complexity index is 620. The van der Waals surface area contributed by atoms with E-state index in [1.54, 1.807) is 0 Å². The largest absolute Gasteiger partial charge is 0.477 e. The van der Waals surface area contributed by atoms with E-state index >= 15 is 0 Å². The Kier molecular flexibility index (Phi) is 10.4. The lowest BCUT2D eigenvalue weighted by Gasteiger charge is -2.46. The number of aliphatic carboxylic acids is 1. The Labute approximate surface area is 178 Å². The molecule has 0 bridgehead atoms. The lowest BCUT2D eigenvalue weighted by Crippen LogP contribution is -2.69. The molecule has 31 heavy (non-hydrogen) atoms. The minimum atomic E-state index is -2.37. The molecule has 1 aliphatic heterocycles. The number of hydrazine groups is 1. The van der Waals surface area contributed by atoms with Crippen molar-refractivity contribution in [1.82, 2.24) is 16.2 Å². The van der Waals surface area contributed by atoms with Crippen molar-refractivity contribution in [2.45, 2.75) is 62.9 Å². The van der Waals surface area contributed by atoms with E-state index in [-0.39, 0.29) is 6.61 Å². The van der Waals surface area contributed by atoms with Gasteiger partial charge in [0.15, 0.2) is 0 Å². The van der Waals surface area contributed by atoms with Gasteiger partial charge in [-0.05, 0) is 12.3 Å². The summed E-state index contributed by atoms with van der Waals surface area (Å²) in [5.74, 6) is -3.68. The quantitative estimate of drug-likeness (QED) is 0.173. The zero-order valence-electron chi connectivity index (χ0n) is 17.5. The number of ether oxygens (including phenoxy) is 3. The van der Waals surface area contributed by atoms with Gasteiger partial charge in [0.1, 0.15) is 18.3 Å². The molecule has 0 aromatic rings. The fraction of sp³-hybridized carbons (Fsp3) is 0.824. The third-order valence-corrected chi connectivity index (χ3v) is 4.65. The first-order chi connectivity index (χ1) is 14.5. The highest BCUT2D eigenvalue weighted by Gasteiger charge is 2.55. The molecule has 1 heterocycles. The predicted octanol–water partition coefficient (Wildman–Crippen LogP) is -2.37. The van der Waals surface area contributed by atoms with Gasteiger partial charge < -0.3 is 45.1 Å². The number of hydrogen-bond donors (Lipinski definition) is 8. The summed E-state index contributed by atoms with van der Waals surface area (Å²) in [5, 5.41) is 51.1. The van der Waals surface area contributed by atoms with Gasteiger partial charge in [0, 0.05) is 13.5 Å². The summed E-state index contributed by atoms with van der Waals surface area (Å²) in [6.45, 7) is 3.09. The summed E-state index contributed by atoms with van der Waals surface area (Å²) in [4.78, 5) is 35.2.